The summed E-state index contributed by atoms with van der Waals surface area (Å²) in [4.78, 5) is 10.9. The monoisotopic (exact) mass is 282 g/mol. The van der Waals surface area contributed by atoms with Crippen LogP contribution in [0.4, 0.5) is 0 Å². The van der Waals surface area contributed by atoms with Crippen LogP contribution in [0.3, 0.4) is 0 Å². The number of hydrogen-bond donors (Lipinski definition) is 0. The molecule has 0 aromatic carbocycles. The molecule has 0 saturated heterocycles. The summed E-state index contributed by atoms with van der Waals surface area (Å²) in [5.74, 6) is 0. The van der Waals surface area contributed by atoms with Gasteiger partial charge in [-0.15, -0.1) is 0 Å². The van der Waals surface area contributed by atoms with Crippen molar-refractivity contribution in [2.75, 3.05) is 14.1 Å². The van der Waals surface area contributed by atoms with Crippen LogP contribution >= 0.6 is 0 Å². The molecule has 0 atom stereocenters. The minimum atomic E-state index is 0. The summed E-state index contributed by atoms with van der Waals surface area (Å²) >= 11 is 0. The quantitative estimate of drug-likeness (QED) is 0.461. The minimum absolute atomic E-state index is 0. The maximum atomic E-state index is 9.43. The van der Waals surface area contributed by atoms with Crippen LogP contribution < -0.4 is 0 Å². The van der Waals surface area contributed by atoms with Crippen molar-refractivity contribution >= 4 is 32.6 Å². The van der Waals surface area contributed by atoms with Crippen molar-refractivity contribution in [2.24, 2.45) is 0 Å². The Morgan fingerprint density at radius 2 is 1.67 bits per heavy atom. The van der Waals surface area contributed by atoms with E-state index in [0.717, 1.165) is 6.41 Å². The average Bonchev–Trinajstić information content (AvgIpc) is 1.38. The second-order valence-electron chi connectivity index (χ2n) is 1.07. The molecule has 0 rings (SSSR count). The summed E-state index contributed by atoms with van der Waals surface area (Å²) in [6, 6.07) is 0. The molecule has 6 heavy (non-hydrogen) atoms. The zero-order valence-electron chi connectivity index (χ0n) is 3.88. The van der Waals surface area contributed by atoms with Crippen molar-refractivity contribution in [3.63, 3.8) is 0 Å². The van der Waals surface area contributed by atoms with Gasteiger partial charge < -0.3 is 4.90 Å². The molecular formula is C3H7BiNO. The smallest absolute Gasteiger partial charge is 0.209 e. The van der Waals surface area contributed by atoms with Crippen molar-refractivity contribution in [1.82, 2.24) is 4.90 Å². The average molecular weight is 282 g/mol. The van der Waals surface area contributed by atoms with E-state index in [9.17, 15) is 4.79 Å². The molecule has 2 nitrogen and oxygen atoms in total. The van der Waals surface area contributed by atoms with Crippen LogP contribution in [0.2, 0.25) is 0 Å². The van der Waals surface area contributed by atoms with Gasteiger partial charge in [-0.25, -0.2) is 0 Å². The number of rotatable bonds is 1. The van der Waals surface area contributed by atoms with Crippen LogP contribution in [0.1, 0.15) is 0 Å². The molecule has 0 N–H and O–H groups in total. The summed E-state index contributed by atoms with van der Waals surface area (Å²) in [5.41, 5.74) is 0. The molecule has 0 saturated carbocycles. The predicted octanol–water partition coefficient (Wildman–Crippen LogP) is -0.676. The first-order chi connectivity index (χ1) is 2.27. The zero-order chi connectivity index (χ0) is 4.28. The molecular weight excluding hydrogens is 275 g/mol. The summed E-state index contributed by atoms with van der Waals surface area (Å²) < 4.78 is 0. The first kappa shape index (κ1) is 9.61. The Labute approximate surface area is 56.6 Å². The van der Waals surface area contributed by atoms with Crippen molar-refractivity contribution < 1.29 is 4.79 Å². The first-order valence-electron chi connectivity index (χ1n) is 1.39. The van der Waals surface area contributed by atoms with Gasteiger partial charge in [0.15, 0.2) is 0 Å². The van der Waals surface area contributed by atoms with Gasteiger partial charge in [0.25, 0.3) is 0 Å². The molecule has 0 aliphatic rings. The molecule has 0 spiro atoms. The fourth-order valence-corrected chi connectivity index (χ4v) is 0. The van der Waals surface area contributed by atoms with E-state index >= 15 is 0 Å². The topological polar surface area (TPSA) is 20.3 Å². The number of carbonyl (C=O) groups is 1. The van der Waals surface area contributed by atoms with Crippen molar-refractivity contribution in [3.05, 3.63) is 0 Å². The summed E-state index contributed by atoms with van der Waals surface area (Å²) in [5, 5.41) is 0. The van der Waals surface area contributed by atoms with E-state index in [4.69, 9.17) is 0 Å². The number of nitrogens with zero attached hydrogens (tertiary/aromatic N) is 1. The SMILES string of the molecule is CN(C)C=O.[Bi]. The van der Waals surface area contributed by atoms with Crippen molar-refractivity contribution in [2.45, 2.75) is 0 Å². The normalized spacial score (nSPS) is 5.67. The van der Waals surface area contributed by atoms with E-state index in [1.54, 1.807) is 14.1 Å². The van der Waals surface area contributed by atoms with Crippen molar-refractivity contribution in [3.8, 4) is 0 Å². The molecule has 35 valence electrons. The van der Waals surface area contributed by atoms with Gasteiger partial charge >= 0.3 is 0 Å². The van der Waals surface area contributed by atoms with Gasteiger partial charge in [-0.05, 0) is 0 Å². The van der Waals surface area contributed by atoms with Crippen molar-refractivity contribution in [1.29, 1.82) is 0 Å². The molecule has 3 heteroatoms. The maximum absolute atomic E-state index is 9.43. The van der Waals surface area contributed by atoms with Crippen LogP contribution in [-0.4, -0.2) is 51.6 Å². The predicted molar refractivity (Wildman–Crippen MR) is 25.5 cm³/mol. The Balaban J connectivity index is 0. The van der Waals surface area contributed by atoms with Gasteiger partial charge in [0.2, 0.25) is 6.41 Å². The Morgan fingerprint density at radius 3 is 1.67 bits per heavy atom. The second-order valence-corrected chi connectivity index (χ2v) is 1.07. The van der Waals surface area contributed by atoms with Gasteiger partial charge in [-0.1, -0.05) is 0 Å². The molecule has 0 aromatic rings. The molecule has 0 unspecified atom stereocenters. The molecule has 1 amide bonds. The zero-order valence-corrected chi connectivity index (χ0v) is 7.36. The van der Waals surface area contributed by atoms with E-state index < -0.39 is 0 Å². The Hall–Kier alpha value is 0.353. The summed E-state index contributed by atoms with van der Waals surface area (Å²) in [6.07, 6.45) is 0.750. The standard InChI is InChI=1S/C3H7NO.Bi/c1-4(2)3-5;/h3H,1-2H3;. The Morgan fingerprint density at radius 1 is 1.50 bits per heavy atom. The number of hydrogen-bond acceptors (Lipinski definition) is 1. The molecule has 0 fully saturated rings. The number of carbonyl (C=O) groups excluding carboxylic acids is 1. The molecule has 0 aliphatic heterocycles. The molecule has 3 radical (unpaired) electrons. The van der Waals surface area contributed by atoms with Crippen LogP contribution in [-0.2, 0) is 4.79 Å². The third kappa shape index (κ3) is 8.84. The second kappa shape index (κ2) is 5.35. The third-order valence-electron chi connectivity index (χ3n) is 0.211. The molecule has 0 aliphatic carbocycles. The first-order valence-corrected chi connectivity index (χ1v) is 1.39. The van der Waals surface area contributed by atoms with Crippen LogP contribution in [0.25, 0.3) is 0 Å². The van der Waals surface area contributed by atoms with E-state index in [0.29, 0.717) is 0 Å². The van der Waals surface area contributed by atoms with Gasteiger partial charge in [0.1, 0.15) is 0 Å². The third-order valence-corrected chi connectivity index (χ3v) is 0.211. The van der Waals surface area contributed by atoms with E-state index in [-0.39, 0.29) is 26.2 Å². The van der Waals surface area contributed by atoms with E-state index in [1.165, 1.54) is 4.90 Å². The fourth-order valence-electron chi connectivity index (χ4n) is 0. The molecule has 0 heterocycles. The Bertz CT molecular complexity index is 37.8. The maximum Gasteiger partial charge on any atom is 0.209 e. The van der Waals surface area contributed by atoms with Gasteiger partial charge in [-0.2, -0.15) is 0 Å². The molecule has 0 aromatic heterocycles. The number of amides is 1. The molecule has 0 bridgehead atoms. The minimum Gasteiger partial charge on any atom is -0.351 e. The van der Waals surface area contributed by atoms with Crippen LogP contribution in [0.5, 0.6) is 0 Å². The van der Waals surface area contributed by atoms with Gasteiger partial charge in [0, 0.05) is 40.3 Å². The van der Waals surface area contributed by atoms with Gasteiger partial charge in [0.05, 0.1) is 0 Å². The van der Waals surface area contributed by atoms with E-state index in [1.807, 2.05) is 0 Å². The summed E-state index contributed by atoms with van der Waals surface area (Å²) in [7, 11) is 3.38. The summed E-state index contributed by atoms with van der Waals surface area (Å²) in [6.45, 7) is 0. The van der Waals surface area contributed by atoms with E-state index in [2.05, 4.69) is 0 Å². The van der Waals surface area contributed by atoms with Crippen LogP contribution in [0.15, 0.2) is 0 Å². The van der Waals surface area contributed by atoms with Gasteiger partial charge in [-0.3, -0.25) is 4.79 Å². The Kier molecular flexibility index (Phi) is 8.57. The fraction of sp³-hybridized carbons (Fsp3) is 0.667. The van der Waals surface area contributed by atoms with Crippen LogP contribution in [0, 0.1) is 0 Å². The largest absolute Gasteiger partial charge is 0.351 e.